The SMILES string of the molecule is CC.CC(=O)c1c(C)c2cnc(Nc3ccc(C4CN(CCCO)C4)cn3)nc2n(C2CCCC2)c1=O.O. The van der Waals surface area contributed by atoms with Crippen molar-refractivity contribution in [3.05, 3.63) is 51.6 Å². The third kappa shape index (κ3) is 5.92. The van der Waals surface area contributed by atoms with Crippen LogP contribution in [0.25, 0.3) is 11.0 Å². The Hall–Kier alpha value is -3.21. The van der Waals surface area contributed by atoms with Gasteiger partial charge in [0.2, 0.25) is 5.95 Å². The third-order valence-corrected chi connectivity index (χ3v) is 7.34. The number of Topliss-reactive ketones (excluding diaryl/α,β-unsaturated/α-hetero) is 1. The molecule has 1 aliphatic heterocycles. The number of fused-ring (bicyclic) bond motifs is 1. The molecule has 2 fully saturated rings. The maximum absolute atomic E-state index is 13.4. The number of hydrogen-bond donors (Lipinski definition) is 2. The molecule has 0 amide bonds. The number of nitrogens with zero attached hydrogens (tertiary/aromatic N) is 5. The Kier molecular flexibility index (Phi) is 10.1. The predicted molar refractivity (Wildman–Crippen MR) is 149 cm³/mol. The normalized spacial score (nSPS) is 15.9. The van der Waals surface area contributed by atoms with Crippen molar-refractivity contribution in [1.29, 1.82) is 0 Å². The maximum Gasteiger partial charge on any atom is 0.263 e. The smallest absolute Gasteiger partial charge is 0.263 e. The lowest BCUT2D eigenvalue weighted by atomic mass is 9.92. The van der Waals surface area contributed by atoms with Crippen molar-refractivity contribution in [3.63, 3.8) is 0 Å². The van der Waals surface area contributed by atoms with Crippen molar-refractivity contribution in [2.24, 2.45) is 0 Å². The van der Waals surface area contributed by atoms with Gasteiger partial charge in [-0.1, -0.05) is 32.8 Å². The summed E-state index contributed by atoms with van der Waals surface area (Å²) in [6.45, 7) is 10.4. The highest BCUT2D eigenvalue weighted by molar-refractivity contribution is 5.99. The Morgan fingerprint density at radius 2 is 1.84 bits per heavy atom. The molecule has 4 heterocycles. The minimum atomic E-state index is -0.255. The molecule has 2 aliphatic rings. The molecule has 0 aromatic carbocycles. The maximum atomic E-state index is 13.4. The molecule has 4 N–H and O–H groups in total. The van der Waals surface area contributed by atoms with Gasteiger partial charge in [0.15, 0.2) is 5.78 Å². The minimum absolute atomic E-state index is 0. The number of likely N-dealkylation sites (tertiary alicyclic amines) is 1. The number of aryl methyl sites for hydroxylation is 1. The van der Waals surface area contributed by atoms with Gasteiger partial charge >= 0.3 is 0 Å². The van der Waals surface area contributed by atoms with E-state index in [0.717, 1.165) is 57.1 Å². The van der Waals surface area contributed by atoms with Gasteiger partial charge in [-0.15, -0.1) is 0 Å². The van der Waals surface area contributed by atoms with Crippen LogP contribution >= 0.6 is 0 Å². The average Bonchev–Trinajstić information content (AvgIpc) is 3.39. The number of pyridine rings is 2. The summed E-state index contributed by atoms with van der Waals surface area (Å²) in [6.07, 6.45) is 8.33. The highest BCUT2D eigenvalue weighted by Crippen LogP contribution is 2.32. The fourth-order valence-electron chi connectivity index (χ4n) is 5.40. The third-order valence-electron chi connectivity index (χ3n) is 7.34. The predicted octanol–water partition coefficient (Wildman–Crippen LogP) is 3.54. The molecular formula is C28H40N6O4. The zero-order valence-electron chi connectivity index (χ0n) is 22.8. The summed E-state index contributed by atoms with van der Waals surface area (Å²) in [6, 6.07) is 4.04. The Bertz CT molecular complexity index is 1300. The Labute approximate surface area is 223 Å². The van der Waals surface area contributed by atoms with Crippen LogP contribution in [0.15, 0.2) is 29.3 Å². The number of rotatable bonds is 8. The fraction of sp³-hybridized carbons (Fsp3) is 0.536. The molecule has 0 bridgehead atoms. The van der Waals surface area contributed by atoms with Crippen molar-refractivity contribution in [2.75, 3.05) is 31.6 Å². The van der Waals surface area contributed by atoms with Crippen LogP contribution in [0.4, 0.5) is 11.8 Å². The number of carbonyl (C=O) groups is 1. The first-order valence-electron chi connectivity index (χ1n) is 13.4. The van der Waals surface area contributed by atoms with Crippen LogP contribution in [-0.2, 0) is 0 Å². The molecule has 0 spiro atoms. The molecule has 0 unspecified atom stereocenters. The summed E-state index contributed by atoms with van der Waals surface area (Å²) in [5.41, 5.74) is 2.37. The molecule has 1 saturated carbocycles. The molecular weight excluding hydrogens is 484 g/mol. The fourth-order valence-corrected chi connectivity index (χ4v) is 5.40. The number of anilines is 2. The van der Waals surface area contributed by atoms with Gasteiger partial charge in [-0.05, 0) is 50.3 Å². The van der Waals surface area contributed by atoms with Crippen LogP contribution in [0.3, 0.4) is 0 Å². The molecule has 3 aromatic rings. The van der Waals surface area contributed by atoms with Crippen LogP contribution in [0.1, 0.15) is 86.3 Å². The molecule has 0 atom stereocenters. The van der Waals surface area contributed by atoms with E-state index in [-0.39, 0.29) is 35.0 Å². The van der Waals surface area contributed by atoms with Crippen molar-refractivity contribution < 1.29 is 15.4 Å². The lowest BCUT2D eigenvalue weighted by Crippen LogP contribution is -2.45. The van der Waals surface area contributed by atoms with Gasteiger partial charge in [-0.2, -0.15) is 4.98 Å². The second kappa shape index (κ2) is 13.0. The molecule has 1 saturated heterocycles. The zero-order valence-corrected chi connectivity index (χ0v) is 22.8. The molecule has 3 aromatic heterocycles. The Morgan fingerprint density at radius 1 is 1.13 bits per heavy atom. The summed E-state index contributed by atoms with van der Waals surface area (Å²) < 4.78 is 1.72. The number of hydrogen-bond acceptors (Lipinski definition) is 8. The van der Waals surface area contributed by atoms with E-state index in [1.807, 2.05) is 26.1 Å². The van der Waals surface area contributed by atoms with Crippen molar-refractivity contribution in [3.8, 4) is 0 Å². The van der Waals surface area contributed by atoms with Crippen LogP contribution in [0.2, 0.25) is 0 Å². The highest BCUT2D eigenvalue weighted by Gasteiger charge is 2.28. The lowest BCUT2D eigenvalue weighted by Gasteiger charge is -2.39. The molecule has 10 nitrogen and oxygen atoms in total. The summed E-state index contributed by atoms with van der Waals surface area (Å²) in [5, 5.41) is 12.9. The van der Waals surface area contributed by atoms with Crippen molar-refractivity contribution >= 4 is 28.6 Å². The Morgan fingerprint density at radius 3 is 2.45 bits per heavy atom. The number of carbonyl (C=O) groups excluding carboxylic acids is 1. The monoisotopic (exact) mass is 524 g/mol. The Balaban J connectivity index is 0.00000130. The second-order valence-electron chi connectivity index (χ2n) is 9.74. The topological polar surface area (TPSA) is 145 Å². The van der Waals surface area contributed by atoms with E-state index in [1.54, 1.807) is 17.7 Å². The number of ketones is 1. The number of aliphatic hydroxyl groups excluding tert-OH is 1. The van der Waals surface area contributed by atoms with E-state index >= 15 is 0 Å². The van der Waals surface area contributed by atoms with E-state index in [9.17, 15) is 9.59 Å². The van der Waals surface area contributed by atoms with Crippen LogP contribution in [0.5, 0.6) is 0 Å². The highest BCUT2D eigenvalue weighted by atomic mass is 16.3. The van der Waals surface area contributed by atoms with Crippen molar-refractivity contribution in [1.82, 2.24) is 24.4 Å². The summed E-state index contributed by atoms with van der Waals surface area (Å²) in [4.78, 5) is 41.7. The van der Waals surface area contributed by atoms with Crippen LogP contribution in [-0.4, -0.2) is 67.0 Å². The minimum Gasteiger partial charge on any atom is -0.412 e. The standard InChI is InChI=1S/C26H32N6O3.C2H6.H2O/c1-16-21-13-28-26(29-22-9-8-18(12-27-22)19-14-31(15-19)10-5-11-33)30-24(21)32(20-6-3-4-7-20)25(35)23(16)17(2)34;1-2;/h8-9,12-13,19-20,33H,3-7,10-11,14-15H2,1-2H3,(H,27,28,29,30);1-2H3;1H2. The van der Waals surface area contributed by atoms with E-state index in [0.29, 0.717) is 28.9 Å². The molecule has 38 heavy (non-hydrogen) atoms. The molecule has 0 radical (unpaired) electrons. The first-order chi connectivity index (χ1) is 18.0. The first-order valence-corrected chi connectivity index (χ1v) is 13.4. The molecule has 1 aliphatic carbocycles. The quantitative estimate of drug-likeness (QED) is 0.426. The summed E-state index contributed by atoms with van der Waals surface area (Å²) >= 11 is 0. The first kappa shape index (κ1) is 29.3. The molecule has 5 rings (SSSR count). The van der Waals surface area contributed by atoms with Gasteiger partial charge in [-0.25, -0.2) is 9.97 Å². The van der Waals surface area contributed by atoms with Crippen LogP contribution in [0, 0.1) is 6.92 Å². The molecule has 10 heteroatoms. The number of aromatic nitrogens is 4. The average molecular weight is 525 g/mol. The summed E-state index contributed by atoms with van der Waals surface area (Å²) in [7, 11) is 0. The van der Waals surface area contributed by atoms with E-state index in [4.69, 9.17) is 10.1 Å². The lowest BCUT2D eigenvalue weighted by molar-refractivity contribution is 0.101. The summed E-state index contributed by atoms with van der Waals surface area (Å²) in [5.74, 6) is 1.25. The molecule has 206 valence electrons. The van der Waals surface area contributed by atoms with Crippen LogP contribution < -0.4 is 10.9 Å². The van der Waals surface area contributed by atoms with Gasteiger partial charge in [0.25, 0.3) is 5.56 Å². The van der Waals surface area contributed by atoms with Gasteiger partial charge in [-0.3, -0.25) is 14.2 Å². The van der Waals surface area contributed by atoms with E-state index < -0.39 is 0 Å². The number of aliphatic hydroxyl groups is 1. The van der Waals surface area contributed by atoms with Gasteiger partial charge in [0, 0.05) is 56.0 Å². The number of nitrogens with one attached hydrogen (secondary N) is 1. The van der Waals surface area contributed by atoms with E-state index in [1.165, 1.54) is 12.5 Å². The second-order valence-corrected chi connectivity index (χ2v) is 9.74. The van der Waals surface area contributed by atoms with Gasteiger partial charge < -0.3 is 20.8 Å². The van der Waals surface area contributed by atoms with Crippen molar-refractivity contribution in [2.45, 2.75) is 71.8 Å². The zero-order chi connectivity index (χ0) is 26.5. The van der Waals surface area contributed by atoms with Gasteiger partial charge in [0.05, 0.1) is 5.56 Å². The van der Waals surface area contributed by atoms with Gasteiger partial charge in [0.1, 0.15) is 11.5 Å². The largest absolute Gasteiger partial charge is 0.412 e. The van der Waals surface area contributed by atoms with E-state index in [2.05, 4.69) is 26.3 Å².